The van der Waals surface area contributed by atoms with Crippen molar-refractivity contribution in [2.45, 2.75) is 12.6 Å². The lowest BCUT2D eigenvalue weighted by atomic mass is 10.00. The Bertz CT molecular complexity index is 1400. The van der Waals surface area contributed by atoms with Crippen LogP contribution in [0.15, 0.2) is 83.9 Å². The number of halogens is 2. The van der Waals surface area contributed by atoms with Crippen molar-refractivity contribution in [2.75, 3.05) is 31.6 Å². The van der Waals surface area contributed by atoms with Crippen LogP contribution in [0, 0.1) is 5.82 Å². The van der Waals surface area contributed by atoms with E-state index in [1.165, 1.54) is 17.7 Å². The van der Waals surface area contributed by atoms with Crippen molar-refractivity contribution in [1.82, 2.24) is 19.4 Å². The Morgan fingerprint density at radius 1 is 1.03 bits per heavy atom. The van der Waals surface area contributed by atoms with Gasteiger partial charge in [0.05, 0.1) is 18.8 Å². The van der Waals surface area contributed by atoms with E-state index in [0.29, 0.717) is 30.5 Å². The van der Waals surface area contributed by atoms with Gasteiger partial charge in [-0.05, 0) is 23.8 Å². The van der Waals surface area contributed by atoms with E-state index in [-0.39, 0.29) is 29.8 Å². The number of methoxy groups -OCH3 is 1. The third-order valence-electron chi connectivity index (χ3n) is 6.64. The lowest BCUT2D eigenvalue weighted by Gasteiger charge is -2.42. The zero-order valence-electron chi connectivity index (χ0n) is 20.8. The minimum atomic E-state index is -0.341. The second kappa shape index (κ2) is 11.5. The van der Waals surface area contributed by atoms with Gasteiger partial charge in [-0.1, -0.05) is 36.4 Å². The molecule has 1 atom stereocenters. The fourth-order valence-corrected chi connectivity index (χ4v) is 4.75. The van der Waals surface area contributed by atoms with Gasteiger partial charge >= 0.3 is 0 Å². The van der Waals surface area contributed by atoms with Crippen molar-refractivity contribution in [3.63, 3.8) is 0 Å². The molecule has 9 heteroatoms. The highest BCUT2D eigenvalue weighted by atomic mass is 35.5. The van der Waals surface area contributed by atoms with E-state index in [1.54, 1.807) is 43.3 Å². The fourth-order valence-electron chi connectivity index (χ4n) is 4.75. The van der Waals surface area contributed by atoms with Crippen molar-refractivity contribution in [1.29, 1.82) is 0 Å². The molecule has 0 amide bonds. The number of hydrogen-bond acceptors (Lipinski definition) is 6. The van der Waals surface area contributed by atoms with Crippen LogP contribution in [-0.2, 0) is 13.6 Å². The lowest BCUT2D eigenvalue weighted by molar-refractivity contribution is 0.164. The van der Waals surface area contributed by atoms with Gasteiger partial charge in [-0.2, -0.15) is 0 Å². The van der Waals surface area contributed by atoms with E-state index in [4.69, 9.17) is 9.72 Å². The molecule has 1 saturated heterocycles. The summed E-state index contributed by atoms with van der Waals surface area (Å²) in [5, 5.41) is 0. The fraction of sp³-hybridized carbons (Fsp3) is 0.250. The van der Waals surface area contributed by atoms with Gasteiger partial charge in [0.2, 0.25) is 5.95 Å². The number of rotatable bonds is 6. The van der Waals surface area contributed by atoms with Gasteiger partial charge < -0.3 is 9.64 Å². The Kier molecular flexibility index (Phi) is 8.21. The van der Waals surface area contributed by atoms with Gasteiger partial charge in [-0.25, -0.2) is 9.37 Å². The van der Waals surface area contributed by atoms with Crippen LogP contribution in [0.5, 0.6) is 5.75 Å². The first-order valence-corrected chi connectivity index (χ1v) is 11.9. The minimum absolute atomic E-state index is 0. The van der Waals surface area contributed by atoms with E-state index < -0.39 is 0 Å². The Hall–Kier alpha value is -3.75. The Labute approximate surface area is 221 Å². The molecule has 0 radical (unpaired) electrons. The van der Waals surface area contributed by atoms with Crippen LogP contribution < -0.4 is 15.2 Å². The molecule has 4 aromatic rings. The predicted molar refractivity (Wildman–Crippen MR) is 145 cm³/mol. The van der Waals surface area contributed by atoms with Crippen molar-refractivity contribution in [3.05, 3.63) is 106 Å². The van der Waals surface area contributed by atoms with Crippen LogP contribution in [-0.4, -0.2) is 46.2 Å². The standard InChI is InChI=1S/C28H28FN5O2.ClH/c1-32-27(35)17-24(21-10-12-30-13-11-21)31-28(32)34-15-14-33(18-20-6-4-3-5-7-20)25(19-34)23-9-8-22(29)16-26(23)36-2;/h3-13,16-17,25H,14-15,18-19H2,1-2H3;1H. The van der Waals surface area contributed by atoms with Crippen molar-refractivity contribution in [3.8, 4) is 17.0 Å². The molecule has 1 aliphatic heterocycles. The average molecular weight is 522 g/mol. The van der Waals surface area contributed by atoms with E-state index >= 15 is 0 Å². The number of piperazine rings is 1. The molecule has 2 aromatic heterocycles. The van der Waals surface area contributed by atoms with Gasteiger partial charge in [0, 0.05) is 68.9 Å². The second-order valence-electron chi connectivity index (χ2n) is 8.88. The summed E-state index contributed by atoms with van der Waals surface area (Å²) in [4.78, 5) is 26.3. The molecule has 0 bridgehead atoms. The van der Waals surface area contributed by atoms with Crippen molar-refractivity contribution in [2.24, 2.45) is 7.05 Å². The molecule has 1 fully saturated rings. The van der Waals surface area contributed by atoms with Gasteiger partial charge in [0.15, 0.2) is 0 Å². The number of ether oxygens (including phenoxy) is 1. The number of aromatic nitrogens is 3. The third kappa shape index (κ3) is 5.65. The Morgan fingerprint density at radius 2 is 1.78 bits per heavy atom. The zero-order chi connectivity index (χ0) is 25.1. The summed E-state index contributed by atoms with van der Waals surface area (Å²) in [7, 11) is 3.30. The molecule has 37 heavy (non-hydrogen) atoms. The summed E-state index contributed by atoms with van der Waals surface area (Å²) in [5.41, 5.74) is 3.41. The molecule has 1 aliphatic rings. The van der Waals surface area contributed by atoms with Crippen LogP contribution in [0.4, 0.5) is 10.3 Å². The highest BCUT2D eigenvalue weighted by Crippen LogP contribution is 2.35. The number of benzene rings is 2. The van der Waals surface area contributed by atoms with E-state index in [2.05, 4.69) is 26.9 Å². The molecule has 7 nitrogen and oxygen atoms in total. The van der Waals surface area contributed by atoms with E-state index in [1.807, 2.05) is 30.3 Å². The molecule has 0 spiro atoms. The summed E-state index contributed by atoms with van der Waals surface area (Å²) >= 11 is 0. The maximum Gasteiger partial charge on any atom is 0.255 e. The van der Waals surface area contributed by atoms with Crippen LogP contribution >= 0.6 is 12.4 Å². The van der Waals surface area contributed by atoms with Crippen molar-refractivity contribution < 1.29 is 9.13 Å². The van der Waals surface area contributed by atoms with Crippen LogP contribution in [0.2, 0.25) is 0 Å². The Morgan fingerprint density at radius 3 is 2.51 bits per heavy atom. The SMILES string of the molecule is COc1cc(F)ccc1C1CN(c2nc(-c3ccncc3)cc(=O)n2C)CCN1Cc1ccccc1.Cl. The minimum Gasteiger partial charge on any atom is -0.496 e. The summed E-state index contributed by atoms with van der Waals surface area (Å²) in [6.45, 7) is 2.72. The molecule has 0 saturated carbocycles. The molecule has 5 rings (SSSR count). The number of nitrogens with zero attached hydrogens (tertiary/aromatic N) is 5. The number of hydrogen-bond donors (Lipinski definition) is 0. The largest absolute Gasteiger partial charge is 0.496 e. The summed E-state index contributed by atoms with van der Waals surface area (Å²) in [6.07, 6.45) is 3.38. The molecule has 192 valence electrons. The molecule has 0 N–H and O–H groups in total. The first-order valence-electron chi connectivity index (χ1n) is 11.9. The first kappa shape index (κ1) is 26.3. The summed E-state index contributed by atoms with van der Waals surface area (Å²) in [6, 6.07) is 20.1. The van der Waals surface area contributed by atoms with E-state index in [9.17, 15) is 9.18 Å². The van der Waals surface area contributed by atoms with Crippen LogP contribution in [0.1, 0.15) is 17.2 Å². The Balaban J connectivity index is 0.00000320. The van der Waals surface area contributed by atoms with Gasteiger partial charge in [-0.3, -0.25) is 19.2 Å². The zero-order valence-corrected chi connectivity index (χ0v) is 21.6. The summed E-state index contributed by atoms with van der Waals surface area (Å²) < 4.78 is 21.2. The number of pyridine rings is 1. The monoisotopic (exact) mass is 521 g/mol. The molecule has 0 aliphatic carbocycles. The van der Waals surface area contributed by atoms with E-state index in [0.717, 1.165) is 24.2 Å². The second-order valence-corrected chi connectivity index (χ2v) is 8.88. The quantitative estimate of drug-likeness (QED) is 0.373. The average Bonchev–Trinajstić information content (AvgIpc) is 2.91. The normalized spacial score (nSPS) is 15.8. The smallest absolute Gasteiger partial charge is 0.255 e. The predicted octanol–water partition coefficient (Wildman–Crippen LogP) is 4.48. The third-order valence-corrected chi connectivity index (χ3v) is 6.64. The van der Waals surface area contributed by atoms with Crippen LogP contribution in [0.3, 0.4) is 0 Å². The molecular weight excluding hydrogens is 493 g/mol. The molecule has 2 aromatic carbocycles. The molecule has 3 heterocycles. The van der Waals surface area contributed by atoms with Gasteiger partial charge in [-0.15, -0.1) is 12.4 Å². The maximum atomic E-state index is 14.0. The van der Waals surface area contributed by atoms with Gasteiger partial charge in [0.1, 0.15) is 11.6 Å². The topological polar surface area (TPSA) is 63.5 Å². The highest BCUT2D eigenvalue weighted by Gasteiger charge is 2.32. The molecule has 1 unspecified atom stereocenters. The van der Waals surface area contributed by atoms with Gasteiger partial charge in [0.25, 0.3) is 5.56 Å². The van der Waals surface area contributed by atoms with Crippen molar-refractivity contribution >= 4 is 18.4 Å². The molecular formula is C28H29ClFN5O2. The maximum absolute atomic E-state index is 14.0. The highest BCUT2D eigenvalue weighted by molar-refractivity contribution is 5.85. The summed E-state index contributed by atoms with van der Waals surface area (Å²) in [5.74, 6) is 0.763. The van der Waals surface area contributed by atoms with Crippen LogP contribution in [0.25, 0.3) is 11.3 Å². The number of anilines is 1. The lowest BCUT2D eigenvalue weighted by Crippen LogP contribution is -2.49. The first-order chi connectivity index (χ1) is 17.5.